The van der Waals surface area contributed by atoms with Crippen LogP contribution in [0, 0.1) is 0 Å². The van der Waals surface area contributed by atoms with Crippen molar-refractivity contribution in [3.8, 4) is 0 Å². The van der Waals surface area contributed by atoms with Crippen molar-refractivity contribution in [2.45, 2.75) is 25.8 Å². The zero-order valence-electron chi connectivity index (χ0n) is 8.79. The first-order valence-electron chi connectivity index (χ1n) is 5.34. The van der Waals surface area contributed by atoms with Gasteiger partial charge in [0.05, 0.1) is 0 Å². The Morgan fingerprint density at radius 1 is 1.36 bits per heavy atom. The van der Waals surface area contributed by atoms with Gasteiger partial charge >= 0.3 is 0 Å². The van der Waals surface area contributed by atoms with Crippen LogP contribution in [-0.4, -0.2) is 13.6 Å². The van der Waals surface area contributed by atoms with E-state index in [2.05, 4.69) is 30.1 Å². The molecule has 0 saturated heterocycles. The van der Waals surface area contributed by atoms with Gasteiger partial charge in [0.2, 0.25) is 0 Å². The Morgan fingerprint density at radius 2 is 2.21 bits per heavy atom. The second-order valence-corrected chi connectivity index (χ2v) is 4.05. The molecule has 1 aliphatic heterocycles. The molecule has 0 aromatic heterocycles. The van der Waals surface area contributed by atoms with Crippen LogP contribution in [0.5, 0.6) is 0 Å². The fraction of sp³-hybridized carbons (Fsp3) is 0.500. The molecule has 0 amide bonds. The van der Waals surface area contributed by atoms with Gasteiger partial charge in [0, 0.05) is 25.8 Å². The van der Waals surface area contributed by atoms with E-state index in [9.17, 15) is 0 Å². The maximum atomic E-state index is 5.64. The highest BCUT2D eigenvalue weighted by atomic mass is 15.1. The fourth-order valence-corrected chi connectivity index (χ4v) is 2.12. The number of anilines is 1. The average Bonchev–Trinajstić information content (AvgIpc) is 2.40. The van der Waals surface area contributed by atoms with Gasteiger partial charge in [-0.3, -0.25) is 0 Å². The number of nitrogens with zero attached hydrogens (tertiary/aromatic N) is 1. The number of nitrogens with two attached hydrogens (primary N) is 1. The summed E-state index contributed by atoms with van der Waals surface area (Å²) >= 11 is 0. The molecule has 0 atom stereocenters. The third-order valence-electron chi connectivity index (χ3n) is 2.98. The summed E-state index contributed by atoms with van der Waals surface area (Å²) in [5, 5.41) is 0. The molecule has 2 heteroatoms. The van der Waals surface area contributed by atoms with Gasteiger partial charge in [-0.2, -0.15) is 0 Å². The minimum Gasteiger partial charge on any atom is -0.374 e. The molecule has 1 heterocycles. The highest BCUT2D eigenvalue weighted by molar-refractivity contribution is 5.55. The zero-order valence-corrected chi connectivity index (χ0v) is 8.79. The summed E-state index contributed by atoms with van der Waals surface area (Å²) in [4.78, 5) is 2.35. The van der Waals surface area contributed by atoms with E-state index in [-0.39, 0.29) is 0 Å². The monoisotopic (exact) mass is 190 g/mol. The van der Waals surface area contributed by atoms with Crippen molar-refractivity contribution in [2.24, 2.45) is 5.73 Å². The van der Waals surface area contributed by atoms with Gasteiger partial charge in [0.1, 0.15) is 0 Å². The molecule has 0 saturated carbocycles. The lowest BCUT2D eigenvalue weighted by Crippen LogP contribution is -2.17. The molecule has 14 heavy (non-hydrogen) atoms. The van der Waals surface area contributed by atoms with Gasteiger partial charge in [0.25, 0.3) is 0 Å². The summed E-state index contributed by atoms with van der Waals surface area (Å²) in [6.45, 7) is 1.83. The smallest absolute Gasteiger partial charge is 0.0396 e. The van der Waals surface area contributed by atoms with Crippen LogP contribution in [-0.2, 0) is 13.0 Å². The highest BCUT2D eigenvalue weighted by Crippen LogP contribution is 2.25. The van der Waals surface area contributed by atoms with Gasteiger partial charge in [-0.1, -0.05) is 12.1 Å². The first-order valence-corrected chi connectivity index (χ1v) is 5.34. The van der Waals surface area contributed by atoms with Crippen molar-refractivity contribution < 1.29 is 0 Å². The van der Waals surface area contributed by atoms with Gasteiger partial charge in [0.15, 0.2) is 0 Å². The number of aryl methyl sites for hydroxylation is 1. The number of benzene rings is 1. The van der Waals surface area contributed by atoms with E-state index in [0.717, 1.165) is 0 Å². The Kier molecular flexibility index (Phi) is 2.73. The molecule has 0 spiro atoms. The molecule has 2 rings (SSSR count). The molecule has 0 radical (unpaired) electrons. The lowest BCUT2D eigenvalue weighted by atomic mass is 10.0. The van der Waals surface area contributed by atoms with Crippen molar-refractivity contribution >= 4 is 5.69 Å². The first kappa shape index (κ1) is 9.53. The van der Waals surface area contributed by atoms with Gasteiger partial charge in [-0.25, -0.2) is 0 Å². The van der Waals surface area contributed by atoms with E-state index in [1.807, 2.05) is 0 Å². The lowest BCUT2D eigenvalue weighted by molar-refractivity contribution is 0.750. The summed E-state index contributed by atoms with van der Waals surface area (Å²) < 4.78 is 0. The van der Waals surface area contributed by atoms with E-state index in [4.69, 9.17) is 5.73 Å². The van der Waals surface area contributed by atoms with E-state index in [1.165, 1.54) is 42.6 Å². The van der Waals surface area contributed by atoms with Crippen LogP contribution in [0.3, 0.4) is 0 Å². The molecule has 2 nitrogen and oxygen atoms in total. The van der Waals surface area contributed by atoms with Crippen molar-refractivity contribution in [1.29, 1.82) is 0 Å². The number of hydrogen-bond donors (Lipinski definition) is 1. The minimum atomic E-state index is 0.650. The van der Waals surface area contributed by atoms with Crippen LogP contribution in [0.4, 0.5) is 5.69 Å². The highest BCUT2D eigenvalue weighted by Gasteiger charge is 2.11. The summed E-state index contributed by atoms with van der Waals surface area (Å²) in [7, 11) is 2.17. The van der Waals surface area contributed by atoms with Gasteiger partial charge < -0.3 is 10.6 Å². The third-order valence-corrected chi connectivity index (χ3v) is 2.98. The number of rotatable bonds is 1. The summed E-state index contributed by atoms with van der Waals surface area (Å²) in [5.41, 5.74) is 9.75. The predicted octanol–water partition coefficient (Wildman–Crippen LogP) is 1.92. The van der Waals surface area contributed by atoms with Crippen LogP contribution in [0.15, 0.2) is 18.2 Å². The number of hydrogen-bond acceptors (Lipinski definition) is 2. The molecular weight excluding hydrogens is 172 g/mol. The van der Waals surface area contributed by atoms with Crippen LogP contribution in [0.25, 0.3) is 0 Å². The van der Waals surface area contributed by atoms with Crippen molar-refractivity contribution in [1.82, 2.24) is 0 Å². The van der Waals surface area contributed by atoms with Crippen molar-refractivity contribution in [2.75, 3.05) is 18.5 Å². The Morgan fingerprint density at radius 3 is 3.00 bits per heavy atom. The Balaban J connectivity index is 2.38. The largest absolute Gasteiger partial charge is 0.374 e. The maximum Gasteiger partial charge on any atom is 0.0396 e. The van der Waals surface area contributed by atoms with Crippen molar-refractivity contribution in [3.05, 3.63) is 29.3 Å². The Labute approximate surface area is 85.7 Å². The second-order valence-electron chi connectivity index (χ2n) is 4.05. The van der Waals surface area contributed by atoms with Crippen LogP contribution in [0.2, 0.25) is 0 Å². The molecule has 0 bridgehead atoms. The molecular formula is C12H18N2. The molecule has 1 aromatic rings. The van der Waals surface area contributed by atoms with Crippen LogP contribution >= 0.6 is 0 Å². The molecule has 0 aliphatic carbocycles. The first-order chi connectivity index (χ1) is 6.81. The maximum absolute atomic E-state index is 5.64. The zero-order chi connectivity index (χ0) is 9.97. The second kappa shape index (κ2) is 4.01. The SMILES string of the molecule is CN1CCCCc2cc(CN)ccc21. The Bertz CT molecular complexity index is 320. The van der Waals surface area contributed by atoms with E-state index < -0.39 is 0 Å². The summed E-state index contributed by atoms with van der Waals surface area (Å²) in [6, 6.07) is 6.61. The summed E-state index contributed by atoms with van der Waals surface area (Å²) in [5.74, 6) is 0. The molecule has 76 valence electrons. The molecule has 0 fully saturated rings. The van der Waals surface area contributed by atoms with Gasteiger partial charge in [-0.05, 0) is 36.5 Å². The summed E-state index contributed by atoms with van der Waals surface area (Å²) in [6.07, 6.45) is 3.79. The lowest BCUT2D eigenvalue weighted by Gasteiger charge is -2.19. The van der Waals surface area contributed by atoms with E-state index in [1.54, 1.807) is 0 Å². The standard InChI is InChI=1S/C12H18N2/c1-14-7-3-2-4-11-8-10(9-13)5-6-12(11)14/h5-6,8H,2-4,7,9,13H2,1H3. The van der Waals surface area contributed by atoms with Crippen LogP contribution in [0.1, 0.15) is 24.0 Å². The topological polar surface area (TPSA) is 29.3 Å². The normalized spacial score (nSPS) is 16.3. The van der Waals surface area contributed by atoms with Crippen LogP contribution < -0.4 is 10.6 Å². The average molecular weight is 190 g/mol. The molecule has 2 N–H and O–H groups in total. The predicted molar refractivity (Wildman–Crippen MR) is 60.5 cm³/mol. The van der Waals surface area contributed by atoms with Gasteiger partial charge in [-0.15, -0.1) is 0 Å². The van der Waals surface area contributed by atoms with E-state index in [0.29, 0.717) is 6.54 Å². The molecule has 1 aromatic carbocycles. The molecule has 1 aliphatic rings. The third kappa shape index (κ3) is 1.75. The number of fused-ring (bicyclic) bond motifs is 1. The minimum absolute atomic E-state index is 0.650. The van der Waals surface area contributed by atoms with Crippen molar-refractivity contribution in [3.63, 3.8) is 0 Å². The Hall–Kier alpha value is -1.02. The fourth-order valence-electron chi connectivity index (χ4n) is 2.12. The van der Waals surface area contributed by atoms with E-state index >= 15 is 0 Å². The quantitative estimate of drug-likeness (QED) is 0.733. The molecule has 0 unspecified atom stereocenters.